The van der Waals surface area contributed by atoms with Gasteiger partial charge in [0, 0.05) is 46.1 Å². The van der Waals surface area contributed by atoms with Crippen LogP contribution in [-0.4, -0.2) is 26.5 Å². The average Bonchev–Trinajstić information content (AvgIpc) is 2.79. The fourth-order valence-electron chi connectivity index (χ4n) is 3.13. The summed E-state index contributed by atoms with van der Waals surface area (Å²) in [5.41, 5.74) is 5.64. The van der Waals surface area contributed by atoms with Gasteiger partial charge in [0.05, 0.1) is 29.6 Å². The number of benzene rings is 1. The molecule has 4 nitrogen and oxygen atoms in total. The van der Waals surface area contributed by atoms with E-state index in [0.717, 1.165) is 39.5 Å². The molecule has 152 valence electrons. The molecule has 0 amide bonds. The lowest BCUT2D eigenvalue weighted by Gasteiger charge is -2.12. The van der Waals surface area contributed by atoms with Crippen LogP contribution < -0.4 is 5.32 Å². The van der Waals surface area contributed by atoms with Gasteiger partial charge in [-0.05, 0) is 42.3 Å². The predicted octanol–water partition coefficient (Wildman–Crippen LogP) is 5.97. The molecule has 0 bridgehead atoms. The molecule has 3 heterocycles. The number of nitrogens with one attached hydrogen (secondary N) is 1. The van der Waals surface area contributed by atoms with Crippen molar-refractivity contribution in [3.8, 4) is 0 Å². The van der Waals surface area contributed by atoms with Gasteiger partial charge in [0.25, 0.3) is 0 Å². The first-order valence-electron chi connectivity index (χ1n) is 9.92. The third-order valence-corrected chi connectivity index (χ3v) is 7.24. The van der Waals surface area contributed by atoms with Gasteiger partial charge in [-0.1, -0.05) is 24.3 Å². The monoisotopic (exact) mass is 432 g/mol. The van der Waals surface area contributed by atoms with E-state index in [-0.39, 0.29) is 0 Å². The summed E-state index contributed by atoms with van der Waals surface area (Å²) in [6.45, 7) is 2.85. The third kappa shape index (κ3) is 5.52. The molecule has 0 saturated carbocycles. The van der Waals surface area contributed by atoms with Gasteiger partial charge in [0.2, 0.25) is 0 Å². The molecule has 0 aliphatic rings. The van der Waals surface area contributed by atoms with Crippen molar-refractivity contribution in [2.24, 2.45) is 0 Å². The van der Waals surface area contributed by atoms with Crippen LogP contribution in [0.1, 0.15) is 16.8 Å². The molecule has 4 aromatic rings. The largest absolute Gasteiger partial charge is 0.378 e. The van der Waals surface area contributed by atoms with E-state index >= 15 is 0 Å². The molecule has 0 saturated heterocycles. The number of aromatic nitrogens is 3. The highest BCUT2D eigenvalue weighted by atomic mass is 32.2. The highest BCUT2D eigenvalue weighted by Gasteiger charge is 2.07. The summed E-state index contributed by atoms with van der Waals surface area (Å²) >= 11 is 3.85. The second kappa shape index (κ2) is 10.5. The minimum absolute atomic E-state index is 0.690. The van der Waals surface area contributed by atoms with E-state index < -0.39 is 0 Å². The molecule has 30 heavy (non-hydrogen) atoms. The number of hydrogen-bond donors (Lipinski definition) is 1. The zero-order valence-corrected chi connectivity index (χ0v) is 18.5. The van der Waals surface area contributed by atoms with E-state index in [1.54, 1.807) is 0 Å². The average molecular weight is 433 g/mol. The summed E-state index contributed by atoms with van der Waals surface area (Å²) in [4.78, 5) is 14.6. The van der Waals surface area contributed by atoms with Crippen LogP contribution in [0.5, 0.6) is 0 Å². The zero-order chi connectivity index (χ0) is 20.6. The Labute approximate surface area is 186 Å². The Morgan fingerprint density at radius 1 is 0.933 bits per heavy atom. The molecule has 4 rings (SSSR count). The molecule has 0 spiro atoms. The standard InChI is InChI=1S/C24H24N4S2/c1-18-23(16-27-21-13-20-6-2-3-7-22(20)28-15-21)26-10-8-24(18)30-12-11-29-17-19-5-4-9-25-14-19/h2-10,13-15,27H,11-12,16-17H2,1H3. The van der Waals surface area contributed by atoms with Crippen LogP contribution in [0.15, 0.2) is 78.2 Å². The van der Waals surface area contributed by atoms with Crippen molar-refractivity contribution in [2.75, 3.05) is 16.8 Å². The molecule has 1 aromatic carbocycles. The summed E-state index contributed by atoms with van der Waals surface area (Å²) < 4.78 is 0. The lowest BCUT2D eigenvalue weighted by atomic mass is 10.2. The first-order chi connectivity index (χ1) is 14.8. The number of anilines is 1. The first-order valence-corrected chi connectivity index (χ1v) is 12.1. The maximum absolute atomic E-state index is 4.59. The molecule has 3 aromatic heterocycles. The number of rotatable bonds is 9. The highest BCUT2D eigenvalue weighted by Crippen LogP contribution is 2.26. The molecule has 0 atom stereocenters. The molecular weight excluding hydrogens is 408 g/mol. The van der Waals surface area contributed by atoms with E-state index in [2.05, 4.69) is 51.5 Å². The zero-order valence-electron chi connectivity index (χ0n) is 16.9. The Balaban J connectivity index is 1.29. The van der Waals surface area contributed by atoms with Gasteiger partial charge < -0.3 is 5.32 Å². The number of pyridine rings is 3. The van der Waals surface area contributed by atoms with E-state index in [1.165, 1.54) is 16.0 Å². The summed E-state index contributed by atoms with van der Waals surface area (Å²) in [6, 6.07) is 16.5. The smallest absolute Gasteiger partial charge is 0.0703 e. The van der Waals surface area contributed by atoms with Crippen molar-refractivity contribution in [2.45, 2.75) is 24.1 Å². The molecule has 0 fully saturated rings. The van der Waals surface area contributed by atoms with Crippen LogP contribution in [-0.2, 0) is 12.3 Å². The Kier molecular flexibility index (Phi) is 7.21. The van der Waals surface area contributed by atoms with E-state index in [1.807, 2.05) is 72.6 Å². The van der Waals surface area contributed by atoms with Crippen molar-refractivity contribution in [3.05, 3.63) is 90.1 Å². The second-order valence-corrected chi connectivity index (χ2v) is 9.16. The predicted molar refractivity (Wildman–Crippen MR) is 129 cm³/mol. The summed E-state index contributed by atoms with van der Waals surface area (Å²) in [5, 5.41) is 4.61. The van der Waals surface area contributed by atoms with E-state index in [0.29, 0.717) is 6.54 Å². The number of hydrogen-bond acceptors (Lipinski definition) is 6. The van der Waals surface area contributed by atoms with Gasteiger partial charge in [-0.25, -0.2) is 0 Å². The van der Waals surface area contributed by atoms with Crippen molar-refractivity contribution in [1.29, 1.82) is 0 Å². The van der Waals surface area contributed by atoms with Crippen LogP contribution in [0, 0.1) is 6.92 Å². The lowest BCUT2D eigenvalue weighted by molar-refractivity contribution is 0.989. The number of fused-ring (bicyclic) bond motifs is 1. The van der Waals surface area contributed by atoms with Gasteiger partial charge in [-0.15, -0.1) is 11.8 Å². The second-order valence-electron chi connectivity index (χ2n) is 6.91. The van der Waals surface area contributed by atoms with Crippen molar-refractivity contribution < 1.29 is 0 Å². The highest BCUT2D eigenvalue weighted by molar-refractivity contribution is 8.02. The van der Waals surface area contributed by atoms with Crippen molar-refractivity contribution in [1.82, 2.24) is 15.0 Å². The number of nitrogens with zero attached hydrogens (tertiary/aromatic N) is 3. The first kappa shape index (κ1) is 20.7. The third-order valence-electron chi connectivity index (χ3n) is 4.79. The maximum Gasteiger partial charge on any atom is 0.0703 e. The SMILES string of the molecule is Cc1c(SCCSCc2cccnc2)ccnc1CNc1cnc2ccccc2c1. The summed E-state index contributed by atoms with van der Waals surface area (Å²) in [7, 11) is 0. The summed E-state index contributed by atoms with van der Waals surface area (Å²) in [6.07, 6.45) is 7.56. The molecule has 0 radical (unpaired) electrons. The van der Waals surface area contributed by atoms with Gasteiger partial charge in [0.1, 0.15) is 0 Å². The van der Waals surface area contributed by atoms with Crippen LogP contribution in [0.2, 0.25) is 0 Å². The fourth-order valence-corrected chi connectivity index (χ4v) is 5.20. The molecule has 0 aliphatic heterocycles. The normalized spacial score (nSPS) is 11.0. The van der Waals surface area contributed by atoms with Crippen LogP contribution in [0.4, 0.5) is 5.69 Å². The minimum Gasteiger partial charge on any atom is -0.378 e. The van der Waals surface area contributed by atoms with Gasteiger partial charge in [-0.3, -0.25) is 15.0 Å². The Hall–Kier alpha value is -2.57. The molecule has 0 aliphatic carbocycles. The molecule has 0 unspecified atom stereocenters. The van der Waals surface area contributed by atoms with E-state index in [9.17, 15) is 0 Å². The fraction of sp³-hybridized carbons (Fsp3) is 0.208. The van der Waals surface area contributed by atoms with Crippen molar-refractivity contribution in [3.63, 3.8) is 0 Å². The quantitative estimate of drug-likeness (QED) is 0.260. The van der Waals surface area contributed by atoms with Gasteiger partial charge in [0.15, 0.2) is 0 Å². The Morgan fingerprint density at radius 2 is 1.87 bits per heavy atom. The van der Waals surface area contributed by atoms with Crippen molar-refractivity contribution >= 4 is 40.1 Å². The Bertz CT molecular complexity index is 1100. The molecule has 1 N–H and O–H groups in total. The Morgan fingerprint density at radius 3 is 2.77 bits per heavy atom. The number of para-hydroxylation sites is 1. The minimum atomic E-state index is 0.690. The van der Waals surface area contributed by atoms with Crippen LogP contribution in [0.25, 0.3) is 10.9 Å². The number of thioether (sulfide) groups is 2. The van der Waals surface area contributed by atoms with Gasteiger partial charge >= 0.3 is 0 Å². The maximum atomic E-state index is 4.59. The molecule has 6 heteroatoms. The molecular formula is C24H24N4S2. The van der Waals surface area contributed by atoms with Crippen LogP contribution >= 0.6 is 23.5 Å². The van der Waals surface area contributed by atoms with E-state index in [4.69, 9.17) is 0 Å². The van der Waals surface area contributed by atoms with Crippen LogP contribution in [0.3, 0.4) is 0 Å². The lowest BCUT2D eigenvalue weighted by Crippen LogP contribution is -2.05. The summed E-state index contributed by atoms with van der Waals surface area (Å²) in [5.74, 6) is 3.20. The van der Waals surface area contributed by atoms with Gasteiger partial charge in [-0.2, -0.15) is 11.8 Å². The topological polar surface area (TPSA) is 50.7 Å².